The zero-order chi connectivity index (χ0) is 9.30. The number of carboxylic acid groups (broad SMARTS) is 1. The van der Waals surface area contributed by atoms with Crippen molar-refractivity contribution in [1.29, 1.82) is 0 Å². The van der Waals surface area contributed by atoms with Gasteiger partial charge in [-0.25, -0.2) is 19.3 Å². The summed E-state index contributed by atoms with van der Waals surface area (Å²) < 4.78 is 0. The number of urea groups is 2. The molecular formula is C5H7N3O4. The summed E-state index contributed by atoms with van der Waals surface area (Å²) in [6.07, 6.45) is 0. The predicted molar refractivity (Wildman–Crippen MR) is 36.2 cm³/mol. The van der Waals surface area contributed by atoms with Crippen LogP contribution in [0.3, 0.4) is 0 Å². The lowest BCUT2D eigenvalue weighted by molar-refractivity contribution is -0.138. The number of hydrogen-bond acceptors (Lipinski definition) is 3. The normalized spacial score (nSPS) is 22.2. The molecule has 1 saturated heterocycles. The Bertz CT molecular complexity index is 251. The van der Waals surface area contributed by atoms with Gasteiger partial charge in [-0.15, -0.1) is 0 Å². The fraction of sp³-hybridized carbons (Fsp3) is 0.400. The van der Waals surface area contributed by atoms with Gasteiger partial charge in [-0.2, -0.15) is 0 Å². The quantitative estimate of drug-likeness (QED) is 0.449. The van der Waals surface area contributed by atoms with Crippen molar-refractivity contribution in [3.05, 3.63) is 0 Å². The van der Waals surface area contributed by atoms with Gasteiger partial charge in [0.25, 0.3) is 0 Å². The molecule has 1 atom stereocenters. The number of carboxylic acids is 1. The van der Waals surface area contributed by atoms with Crippen molar-refractivity contribution in [2.75, 3.05) is 6.54 Å². The fourth-order valence-corrected chi connectivity index (χ4v) is 0.868. The van der Waals surface area contributed by atoms with Gasteiger partial charge in [0.05, 0.1) is 6.54 Å². The summed E-state index contributed by atoms with van der Waals surface area (Å²) in [7, 11) is 0. The number of hydrogen-bond donors (Lipinski definition) is 3. The van der Waals surface area contributed by atoms with Gasteiger partial charge in [-0.05, 0) is 0 Å². The molecule has 0 aromatic rings. The van der Waals surface area contributed by atoms with E-state index >= 15 is 0 Å². The van der Waals surface area contributed by atoms with Gasteiger partial charge in [0, 0.05) is 0 Å². The first-order valence-corrected chi connectivity index (χ1v) is 3.12. The molecule has 0 spiro atoms. The number of nitrogens with zero attached hydrogens (tertiary/aromatic N) is 1. The minimum atomic E-state index is -1.19. The molecule has 7 heteroatoms. The van der Waals surface area contributed by atoms with Crippen LogP contribution in [0.4, 0.5) is 9.59 Å². The molecule has 7 nitrogen and oxygen atoms in total. The highest BCUT2D eigenvalue weighted by Crippen LogP contribution is 2.02. The maximum Gasteiger partial charge on any atom is 0.328 e. The molecule has 1 rings (SSSR count). The Morgan fingerprint density at radius 2 is 2.25 bits per heavy atom. The van der Waals surface area contributed by atoms with Crippen LogP contribution in [0.25, 0.3) is 0 Å². The van der Waals surface area contributed by atoms with Crippen LogP contribution < -0.4 is 11.1 Å². The van der Waals surface area contributed by atoms with Crippen LogP contribution in [-0.2, 0) is 4.79 Å². The topological polar surface area (TPSA) is 113 Å². The van der Waals surface area contributed by atoms with Crippen LogP contribution in [0.2, 0.25) is 0 Å². The van der Waals surface area contributed by atoms with Gasteiger partial charge in [-0.1, -0.05) is 0 Å². The van der Waals surface area contributed by atoms with Crippen LogP contribution in [-0.4, -0.2) is 40.6 Å². The van der Waals surface area contributed by atoms with Gasteiger partial charge in [0.2, 0.25) is 0 Å². The number of imide groups is 1. The monoisotopic (exact) mass is 173 g/mol. The second-order valence-electron chi connectivity index (χ2n) is 2.29. The Balaban J connectivity index is 2.68. The van der Waals surface area contributed by atoms with Crippen molar-refractivity contribution >= 4 is 18.0 Å². The largest absolute Gasteiger partial charge is 0.480 e. The van der Waals surface area contributed by atoms with Crippen molar-refractivity contribution in [2.45, 2.75) is 6.04 Å². The molecule has 0 aromatic carbocycles. The molecule has 0 aliphatic carbocycles. The Morgan fingerprint density at radius 3 is 2.50 bits per heavy atom. The van der Waals surface area contributed by atoms with Crippen molar-refractivity contribution in [2.24, 2.45) is 5.73 Å². The van der Waals surface area contributed by atoms with E-state index in [1.165, 1.54) is 0 Å². The van der Waals surface area contributed by atoms with E-state index in [-0.39, 0.29) is 6.54 Å². The summed E-state index contributed by atoms with van der Waals surface area (Å²) in [5, 5.41) is 10.5. The zero-order valence-corrected chi connectivity index (χ0v) is 5.98. The number of nitrogens with two attached hydrogens (primary N) is 1. The number of carbonyl (C=O) groups is 3. The molecule has 1 fully saturated rings. The number of aliphatic carboxylic acids is 1. The Labute approximate surface area is 67.1 Å². The molecule has 0 saturated carbocycles. The standard InChI is InChI=1S/C5H7N3O4/c6-4(11)8-1-2(3(9)10)7-5(8)12/h2H,1H2,(H2,6,11)(H,7,12)(H,9,10). The summed E-state index contributed by atoms with van der Waals surface area (Å²) in [4.78, 5) is 32.2. The zero-order valence-electron chi connectivity index (χ0n) is 5.98. The van der Waals surface area contributed by atoms with E-state index in [0.29, 0.717) is 4.90 Å². The summed E-state index contributed by atoms with van der Waals surface area (Å²) in [5.74, 6) is -1.19. The number of amides is 4. The average molecular weight is 173 g/mol. The van der Waals surface area contributed by atoms with Crippen LogP contribution in [0.5, 0.6) is 0 Å². The van der Waals surface area contributed by atoms with E-state index in [2.05, 4.69) is 5.32 Å². The van der Waals surface area contributed by atoms with E-state index in [9.17, 15) is 14.4 Å². The first-order valence-electron chi connectivity index (χ1n) is 3.12. The number of carbonyl (C=O) groups excluding carboxylic acids is 2. The van der Waals surface area contributed by atoms with Crippen LogP contribution in [0, 0.1) is 0 Å². The summed E-state index contributed by atoms with van der Waals surface area (Å²) in [5.41, 5.74) is 4.78. The molecule has 12 heavy (non-hydrogen) atoms. The van der Waals surface area contributed by atoms with Crippen LogP contribution >= 0.6 is 0 Å². The molecule has 0 radical (unpaired) electrons. The molecule has 1 aliphatic heterocycles. The van der Waals surface area contributed by atoms with Crippen molar-refractivity contribution in [1.82, 2.24) is 10.2 Å². The smallest absolute Gasteiger partial charge is 0.328 e. The van der Waals surface area contributed by atoms with E-state index in [4.69, 9.17) is 10.8 Å². The van der Waals surface area contributed by atoms with Gasteiger partial charge in [0.15, 0.2) is 0 Å². The molecule has 1 unspecified atom stereocenters. The van der Waals surface area contributed by atoms with Crippen LogP contribution in [0.1, 0.15) is 0 Å². The maximum atomic E-state index is 10.8. The average Bonchev–Trinajstić information content (AvgIpc) is 2.30. The van der Waals surface area contributed by atoms with Gasteiger partial charge in [0.1, 0.15) is 6.04 Å². The number of rotatable bonds is 1. The van der Waals surface area contributed by atoms with E-state index < -0.39 is 24.1 Å². The first kappa shape index (κ1) is 8.31. The summed E-state index contributed by atoms with van der Waals surface area (Å²) in [6.45, 7) is -0.219. The molecule has 0 aromatic heterocycles. The molecule has 1 heterocycles. The maximum absolute atomic E-state index is 10.8. The van der Waals surface area contributed by atoms with Crippen molar-refractivity contribution in [3.8, 4) is 0 Å². The third-order valence-corrected chi connectivity index (χ3v) is 1.47. The van der Waals surface area contributed by atoms with Gasteiger partial charge < -0.3 is 16.2 Å². The highest BCUT2D eigenvalue weighted by Gasteiger charge is 2.35. The highest BCUT2D eigenvalue weighted by atomic mass is 16.4. The molecular weight excluding hydrogens is 166 g/mol. The SMILES string of the molecule is NC(=O)N1CC(C(=O)O)NC1=O. The molecule has 66 valence electrons. The van der Waals surface area contributed by atoms with Crippen molar-refractivity contribution < 1.29 is 19.5 Å². The van der Waals surface area contributed by atoms with Crippen molar-refractivity contribution in [3.63, 3.8) is 0 Å². The van der Waals surface area contributed by atoms with E-state index in [1.807, 2.05) is 0 Å². The first-order chi connectivity index (χ1) is 5.52. The fourth-order valence-electron chi connectivity index (χ4n) is 0.868. The minimum Gasteiger partial charge on any atom is -0.480 e. The van der Waals surface area contributed by atoms with Gasteiger partial charge in [-0.3, -0.25) is 0 Å². The molecule has 4 N–H and O–H groups in total. The number of nitrogens with one attached hydrogen (secondary N) is 1. The van der Waals surface area contributed by atoms with E-state index in [0.717, 1.165) is 0 Å². The lowest BCUT2D eigenvalue weighted by Crippen LogP contribution is -2.38. The second kappa shape index (κ2) is 2.68. The van der Waals surface area contributed by atoms with E-state index in [1.54, 1.807) is 0 Å². The highest BCUT2D eigenvalue weighted by molar-refractivity contribution is 5.97. The molecule has 1 aliphatic rings. The summed E-state index contributed by atoms with van der Waals surface area (Å²) in [6, 6.07) is -2.77. The number of primary amides is 1. The third-order valence-electron chi connectivity index (χ3n) is 1.47. The van der Waals surface area contributed by atoms with Crippen LogP contribution in [0.15, 0.2) is 0 Å². The van der Waals surface area contributed by atoms with Gasteiger partial charge >= 0.3 is 18.0 Å². The Kier molecular flexibility index (Phi) is 1.86. The lowest BCUT2D eigenvalue weighted by Gasteiger charge is -2.06. The Hall–Kier alpha value is -1.79. The predicted octanol–water partition coefficient (Wildman–Crippen LogP) is -1.46. The third kappa shape index (κ3) is 1.29. The lowest BCUT2D eigenvalue weighted by atomic mass is 10.3. The molecule has 0 bridgehead atoms. The second-order valence-corrected chi connectivity index (χ2v) is 2.29. The summed E-state index contributed by atoms with van der Waals surface area (Å²) >= 11 is 0. The Morgan fingerprint density at radius 1 is 1.67 bits per heavy atom. The minimum absolute atomic E-state index is 0.219. The molecule has 4 amide bonds.